The molecule has 1 atom stereocenters. The topological polar surface area (TPSA) is 124 Å². The van der Waals surface area contributed by atoms with Crippen LogP contribution in [0.25, 0.3) is 10.2 Å². The van der Waals surface area contributed by atoms with Crippen molar-refractivity contribution in [2.45, 2.75) is 49.4 Å². The first-order valence-corrected chi connectivity index (χ1v) is 9.50. The molecule has 128 valence electrons. The number of imide groups is 1. The van der Waals surface area contributed by atoms with Gasteiger partial charge in [0.15, 0.2) is 5.16 Å². The third-order valence-corrected chi connectivity index (χ3v) is 6.12. The number of hydrogen-bond donors (Lipinski definition) is 3. The molecule has 0 radical (unpaired) electrons. The lowest BCUT2D eigenvalue weighted by atomic mass is 10.1. The Balaban J connectivity index is 1.88. The Morgan fingerprint density at radius 2 is 2.00 bits per heavy atom. The number of hydrogen-bond acceptors (Lipinski definition) is 7. The fourth-order valence-corrected chi connectivity index (χ4v) is 4.93. The largest absolute Gasteiger partial charge is 0.383 e. The van der Waals surface area contributed by atoms with Gasteiger partial charge in [0.25, 0.3) is 0 Å². The first kappa shape index (κ1) is 17.0. The lowest BCUT2D eigenvalue weighted by Gasteiger charge is -2.09. The molecule has 2 aromatic heterocycles. The Bertz CT molecular complexity index is 805. The number of thiophene rings is 1. The number of nitrogen functional groups attached to an aromatic ring is 1. The highest BCUT2D eigenvalue weighted by Gasteiger charge is 2.22. The summed E-state index contributed by atoms with van der Waals surface area (Å²) in [5.74, 6) is -0.0128. The van der Waals surface area contributed by atoms with Gasteiger partial charge in [0, 0.05) is 4.88 Å². The Kier molecular flexibility index (Phi) is 4.91. The van der Waals surface area contributed by atoms with Crippen LogP contribution in [-0.4, -0.2) is 27.2 Å². The highest BCUT2D eigenvalue weighted by atomic mass is 32.2. The molecule has 0 saturated heterocycles. The minimum Gasteiger partial charge on any atom is -0.383 e. The average Bonchev–Trinajstić information content (AvgIpc) is 2.69. The van der Waals surface area contributed by atoms with Crippen LogP contribution >= 0.6 is 23.1 Å². The molecule has 1 aliphatic rings. The van der Waals surface area contributed by atoms with Gasteiger partial charge in [0.1, 0.15) is 10.6 Å². The van der Waals surface area contributed by atoms with Crippen LogP contribution in [0.15, 0.2) is 5.16 Å². The number of aromatic nitrogens is 2. The number of amides is 3. The highest BCUT2D eigenvalue weighted by Crippen LogP contribution is 2.38. The number of nitrogens with two attached hydrogens (primary N) is 2. The van der Waals surface area contributed by atoms with Crippen molar-refractivity contribution in [1.82, 2.24) is 15.3 Å². The Hall–Kier alpha value is -1.87. The molecule has 24 heavy (non-hydrogen) atoms. The fourth-order valence-electron chi connectivity index (χ4n) is 2.83. The van der Waals surface area contributed by atoms with E-state index in [2.05, 4.69) is 15.3 Å². The van der Waals surface area contributed by atoms with Crippen molar-refractivity contribution in [2.75, 3.05) is 5.73 Å². The quantitative estimate of drug-likeness (QED) is 0.435. The van der Waals surface area contributed by atoms with E-state index in [4.69, 9.17) is 11.5 Å². The number of aryl methyl sites for hydroxylation is 2. The van der Waals surface area contributed by atoms with Gasteiger partial charge in [-0.3, -0.25) is 10.1 Å². The number of primary amides is 1. The van der Waals surface area contributed by atoms with E-state index in [-0.39, 0.29) is 0 Å². The first-order valence-electron chi connectivity index (χ1n) is 7.80. The Morgan fingerprint density at radius 1 is 1.25 bits per heavy atom. The van der Waals surface area contributed by atoms with E-state index in [1.54, 1.807) is 18.3 Å². The number of carbonyl (C=O) groups excluding carboxylic acids is 2. The molecule has 1 aliphatic carbocycles. The number of carbonyl (C=O) groups is 2. The number of anilines is 1. The molecule has 0 spiro atoms. The smallest absolute Gasteiger partial charge is 0.318 e. The van der Waals surface area contributed by atoms with Gasteiger partial charge < -0.3 is 11.5 Å². The zero-order chi connectivity index (χ0) is 17.3. The zero-order valence-corrected chi connectivity index (χ0v) is 14.9. The van der Waals surface area contributed by atoms with Crippen LogP contribution in [0.1, 0.15) is 36.6 Å². The molecule has 2 aromatic rings. The fraction of sp³-hybridized carbons (Fsp3) is 0.467. The maximum atomic E-state index is 11.8. The Morgan fingerprint density at radius 3 is 2.75 bits per heavy atom. The van der Waals surface area contributed by atoms with E-state index in [9.17, 15) is 9.59 Å². The second-order valence-corrected chi connectivity index (χ2v) is 8.14. The summed E-state index contributed by atoms with van der Waals surface area (Å²) in [7, 11) is 0. The number of rotatable bonds is 3. The molecule has 1 unspecified atom stereocenters. The van der Waals surface area contributed by atoms with Crippen molar-refractivity contribution < 1.29 is 9.59 Å². The predicted octanol–water partition coefficient (Wildman–Crippen LogP) is 2.22. The molecule has 0 saturated carbocycles. The van der Waals surface area contributed by atoms with Gasteiger partial charge in [0.2, 0.25) is 5.91 Å². The summed E-state index contributed by atoms with van der Waals surface area (Å²) in [5.41, 5.74) is 12.4. The molecular formula is C15H19N5O2S2. The van der Waals surface area contributed by atoms with Crippen LogP contribution in [0, 0.1) is 0 Å². The molecular weight excluding hydrogens is 346 g/mol. The minimum atomic E-state index is -0.870. The molecule has 0 bridgehead atoms. The van der Waals surface area contributed by atoms with E-state index in [0.717, 1.165) is 34.8 Å². The number of thioether (sulfide) groups is 1. The van der Waals surface area contributed by atoms with Crippen molar-refractivity contribution in [3.63, 3.8) is 0 Å². The standard InChI is InChI=1S/C15H19N5O2S2/c1-7(12(21)19-14(17)22)23-15-18-11(16)10-8-5-3-2-4-6-9(8)24-13(10)20-15/h7H,2-6H2,1H3,(H2,16,18,20)(H3,17,19,21,22). The molecule has 3 rings (SSSR count). The summed E-state index contributed by atoms with van der Waals surface area (Å²) in [6.07, 6.45) is 5.69. The molecule has 3 amide bonds. The van der Waals surface area contributed by atoms with Gasteiger partial charge in [-0.25, -0.2) is 14.8 Å². The van der Waals surface area contributed by atoms with Gasteiger partial charge in [0.05, 0.1) is 10.6 Å². The maximum Gasteiger partial charge on any atom is 0.318 e. The number of nitrogens with zero attached hydrogens (tertiary/aromatic N) is 2. The number of urea groups is 1. The molecule has 0 aliphatic heterocycles. The summed E-state index contributed by atoms with van der Waals surface area (Å²) in [6, 6.07) is -0.870. The molecule has 5 N–H and O–H groups in total. The third kappa shape index (κ3) is 3.46. The highest BCUT2D eigenvalue weighted by molar-refractivity contribution is 8.00. The maximum absolute atomic E-state index is 11.8. The van der Waals surface area contributed by atoms with Gasteiger partial charge in [-0.2, -0.15) is 0 Å². The second kappa shape index (κ2) is 6.94. The summed E-state index contributed by atoms with van der Waals surface area (Å²) in [5, 5.41) is 2.91. The monoisotopic (exact) mass is 365 g/mol. The van der Waals surface area contributed by atoms with Gasteiger partial charge >= 0.3 is 6.03 Å². The van der Waals surface area contributed by atoms with Crippen LogP contribution < -0.4 is 16.8 Å². The van der Waals surface area contributed by atoms with Crippen LogP contribution in [0.5, 0.6) is 0 Å². The second-order valence-electron chi connectivity index (χ2n) is 5.75. The van der Waals surface area contributed by atoms with E-state index in [1.807, 2.05) is 0 Å². The van der Waals surface area contributed by atoms with E-state index in [0.29, 0.717) is 11.0 Å². The van der Waals surface area contributed by atoms with Crippen molar-refractivity contribution >= 4 is 51.1 Å². The SMILES string of the molecule is CC(Sc1nc(N)c2c3c(sc2n1)CCCCC3)C(=O)NC(N)=O. The average molecular weight is 365 g/mol. The summed E-state index contributed by atoms with van der Waals surface area (Å²) >= 11 is 2.83. The van der Waals surface area contributed by atoms with Crippen molar-refractivity contribution in [3.05, 3.63) is 10.4 Å². The zero-order valence-electron chi connectivity index (χ0n) is 13.3. The number of fused-ring (bicyclic) bond motifs is 3. The van der Waals surface area contributed by atoms with E-state index < -0.39 is 17.2 Å². The van der Waals surface area contributed by atoms with Crippen molar-refractivity contribution in [3.8, 4) is 0 Å². The molecule has 9 heteroatoms. The molecule has 7 nitrogen and oxygen atoms in total. The molecule has 2 heterocycles. The van der Waals surface area contributed by atoms with Crippen molar-refractivity contribution in [1.29, 1.82) is 0 Å². The van der Waals surface area contributed by atoms with Crippen LogP contribution in [0.4, 0.5) is 10.6 Å². The molecule has 0 aromatic carbocycles. The van der Waals surface area contributed by atoms with Gasteiger partial charge in [-0.15, -0.1) is 11.3 Å². The van der Waals surface area contributed by atoms with E-state index in [1.165, 1.54) is 29.7 Å². The summed E-state index contributed by atoms with van der Waals surface area (Å²) in [4.78, 5) is 33.7. The summed E-state index contributed by atoms with van der Waals surface area (Å²) < 4.78 is 0. The summed E-state index contributed by atoms with van der Waals surface area (Å²) in [6.45, 7) is 1.66. The number of nitrogens with one attached hydrogen (secondary N) is 1. The third-order valence-electron chi connectivity index (χ3n) is 3.97. The van der Waals surface area contributed by atoms with Crippen molar-refractivity contribution in [2.24, 2.45) is 5.73 Å². The van der Waals surface area contributed by atoms with Crippen LogP contribution in [0.3, 0.4) is 0 Å². The first-order chi connectivity index (χ1) is 11.5. The van der Waals surface area contributed by atoms with Gasteiger partial charge in [-0.1, -0.05) is 18.2 Å². The lowest BCUT2D eigenvalue weighted by molar-refractivity contribution is -0.119. The molecule has 0 fully saturated rings. The van der Waals surface area contributed by atoms with Crippen LogP contribution in [0.2, 0.25) is 0 Å². The Labute approximate surface area is 147 Å². The van der Waals surface area contributed by atoms with Crippen LogP contribution in [-0.2, 0) is 17.6 Å². The lowest BCUT2D eigenvalue weighted by Crippen LogP contribution is -2.39. The normalized spacial score (nSPS) is 15.5. The van der Waals surface area contributed by atoms with Gasteiger partial charge in [-0.05, 0) is 38.2 Å². The van der Waals surface area contributed by atoms with E-state index >= 15 is 0 Å². The predicted molar refractivity (Wildman–Crippen MR) is 96.1 cm³/mol. The minimum absolute atomic E-state index is 0.434.